The molecule has 0 unspecified atom stereocenters. The van der Waals surface area contributed by atoms with Crippen LogP contribution in [0.3, 0.4) is 0 Å². The number of alkyl halides is 1. The lowest BCUT2D eigenvalue weighted by molar-refractivity contribution is 0.410. The number of rotatable bonds is 7. The zero-order valence-electron chi connectivity index (χ0n) is 11.2. The molecule has 1 fully saturated rings. The maximum absolute atomic E-state index is 12.5. The number of nitrogens with zero attached hydrogens (tertiary/aromatic N) is 1. The maximum Gasteiger partial charge on any atom is 0.217 e. The van der Waals surface area contributed by atoms with Crippen LogP contribution in [0.15, 0.2) is 0 Å². The Kier molecular flexibility index (Phi) is 6.75. The molecule has 0 aromatic heterocycles. The molecule has 5 nitrogen and oxygen atoms in total. The minimum atomic E-state index is -3.37. The molecule has 0 spiro atoms. The fourth-order valence-corrected chi connectivity index (χ4v) is 6.61. The summed E-state index contributed by atoms with van der Waals surface area (Å²) in [6.45, 7) is 2.99. The summed E-state index contributed by atoms with van der Waals surface area (Å²) < 4.78 is 49.3. The summed E-state index contributed by atoms with van der Waals surface area (Å²) in [5.41, 5.74) is 0. The van der Waals surface area contributed by atoms with Crippen LogP contribution in [-0.4, -0.2) is 56.3 Å². The molecule has 0 aromatic rings. The quantitative estimate of drug-likeness (QED) is 0.630. The van der Waals surface area contributed by atoms with E-state index in [0.717, 1.165) is 12.8 Å². The van der Waals surface area contributed by atoms with Crippen molar-refractivity contribution in [3.05, 3.63) is 0 Å². The lowest BCUT2D eigenvalue weighted by Crippen LogP contribution is -2.43. The molecule has 0 amide bonds. The average Bonchev–Trinajstić information content (AvgIpc) is 2.33. The van der Waals surface area contributed by atoms with Crippen LogP contribution in [0.25, 0.3) is 0 Å². The average molecular weight is 376 g/mol. The number of unbranched alkanes of at least 4 members (excludes halogenated alkanes) is 1. The first-order valence-electron chi connectivity index (χ1n) is 6.59. The van der Waals surface area contributed by atoms with E-state index >= 15 is 0 Å². The van der Waals surface area contributed by atoms with Crippen LogP contribution < -0.4 is 0 Å². The largest absolute Gasteiger partial charge is 0.229 e. The van der Waals surface area contributed by atoms with Gasteiger partial charge in [-0.15, -0.1) is 0 Å². The van der Waals surface area contributed by atoms with Crippen LogP contribution >= 0.6 is 15.9 Å². The van der Waals surface area contributed by atoms with E-state index in [2.05, 4.69) is 15.9 Å². The molecular weight excluding hydrogens is 354 g/mol. The topological polar surface area (TPSA) is 71.5 Å². The Labute approximate surface area is 124 Å². The highest BCUT2D eigenvalue weighted by atomic mass is 79.9. The third-order valence-electron chi connectivity index (χ3n) is 3.38. The minimum absolute atomic E-state index is 0.00712. The van der Waals surface area contributed by atoms with Gasteiger partial charge in [-0.2, -0.15) is 0 Å². The third kappa shape index (κ3) is 4.99. The van der Waals surface area contributed by atoms with Crippen molar-refractivity contribution in [1.29, 1.82) is 0 Å². The molecule has 1 rings (SSSR count). The van der Waals surface area contributed by atoms with Gasteiger partial charge in [0.15, 0.2) is 0 Å². The lowest BCUT2D eigenvalue weighted by Gasteiger charge is -2.29. The van der Waals surface area contributed by atoms with Gasteiger partial charge >= 0.3 is 0 Å². The molecular formula is C11H22BrNO4S2. The van der Waals surface area contributed by atoms with Crippen molar-refractivity contribution in [2.24, 2.45) is 0 Å². The molecule has 114 valence electrons. The Balaban J connectivity index is 2.76. The third-order valence-corrected chi connectivity index (χ3v) is 7.85. The molecule has 19 heavy (non-hydrogen) atoms. The van der Waals surface area contributed by atoms with Crippen LogP contribution in [-0.2, 0) is 19.9 Å². The maximum atomic E-state index is 12.5. The van der Waals surface area contributed by atoms with Gasteiger partial charge in [-0.25, -0.2) is 21.1 Å². The highest BCUT2D eigenvalue weighted by Crippen LogP contribution is 2.23. The van der Waals surface area contributed by atoms with Gasteiger partial charge in [-0.05, 0) is 19.3 Å². The second-order valence-electron chi connectivity index (χ2n) is 4.84. The summed E-state index contributed by atoms with van der Waals surface area (Å²) >= 11 is 3.27. The summed E-state index contributed by atoms with van der Waals surface area (Å²) in [4.78, 5) is 0. The second-order valence-corrected chi connectivity index (χ2v) is 10.1. The number of sulfone groups is 1. The van der Waals surface area contributed by atoms with Gasteiger partial charge in [0.1, 0.15) is 9.84 Å². The lowest BCUT2D eigenvalue weighted by atomic mass is 10.2. The molecule has 8 heteroatoms. The Morgan fingerprint density at radius 2 is 1.79 bits per heavy atom. The molecule has 0 aromatic carbocycles. The van der Waals surface area contributed by atoms with Gasteiger partial charge in [0.05, 0.1) is 16.8 Å². The number of hydrogen-bond donors (Lipinski definition) is 0. The first-order chi connectivity index (χ1) is 8.83. The predicted molar refractivity (Wildman–Crippen MR) is 80.9 cm³/mol. The Morgan fingerprint density at radius 3 is 2.26 bits per heavy atom. The van der Waals surface area contributed by atoms with Crippen LogP contribution in [0.5, 0.6) is 0 Å². The molecule has 1 aliphatic rings. The molecule has 0 saturated carbocycles. The van der Waals surface area contributed by atoms with E-state index in [9.17, 15) is 16.8 Å². The van der Waals surface area contributed by atoms with Crippen molar-refractivity contribution >= 4 is 35.8 Å². The summed E-state index contributed by atoms with van der Waals surface area (Å²) in [5, 5.41) is 0.0629. The van der Waals surface area contributed by atoms with Crippen molar-refractivity contribution in [2.45, 2.75) is 37.9 Å². The van der Waals surface area contributed by atoms with Crippen molar-refractivity contribution in [3.63, 3.8) is 0 Å². The van der Waals surface area contributed by atoms with Gasteiger partial charge in [0.25, 0.3) is 0 Å². The highest BCUT2D eigenvalue weighted by Gasteiger charge is 2.36. The first-order valence-corrected chi connectivity index (χ1v) is 11.0. The van der Waals surface area contributed by atoms with Crippen molar-refractivity contribution in [3.8, 4) is 0 Å². The van der Waals surface area contributed by atoms with E-state index in [1.165, 1.54) is 4.31 Å². The van der Waals surface area contributed by atoms with Crippen LogP contribution in [0.4, 0.5) is 0 Å². The van der Waals surface area contributed by atoms with Gasteiger partial charge in [0, 0.05) is 18.4 Å². The minimum Gasteiger partial charge on any atom is -0.229 e. The summed E-state index contributed by atoms with van der Waals surface area (Å²) in [6.07, 6.45) is 2.23. The Hall–Kier alpha value is 0.340. The van der Waals surface area contributed by atoms with E-state index in [1.807, 2.05) is 6.92 Å². The molecule has 1 saturated heterocycles. The summed E-state index contributed by atoms with van der Waals surface area (Å²) in [5.74, 6) is -0.0142. The number of sulfonamides is 1. The second kappa shape index (κ2) is 7.38. The van der Waals surface area contributed by atoms with Gasteiger partial charge in [-0.3, -0.25) is 0 Å². The number of halogens is 1. The predicted octanol–water partition coefficient (Wildman–Crippen LogP) is 1.39. The Bertz CT molecular complexity index is 461. The molecule has 0 aliphatic carbocycles. The zero-order valence-corrected chi connectivity index (χ0v) is 14.4. The summed E-state index contributed by atoms with van der Waals surface area (Å²) in [6, 6.07) is 0. The van der Waals surface area contributed by atoms with Crippen LogP contribution in [0.2, 0.25) is 0 Å². The molecule has 1 aliphatic heterocycles. The van der Waals surface area contributed by atoms with Crippen molar-refractivity contribution in [1.82, 2.24) is 4.31 Å². The monoisotopic (exact) mass is 375 g/mol. The van der Waals surface area contributed by atoms with E-state index in [4.69, 9.17) is 0 Å². The fourth-order valence-electron chi connectivity index (χ4n) is 2.17. The van der Waals surface area contributed by atoms with E-state index in [0.29, 0.717) is 18.4 Å². The first kappa shape index (κ1) is 17.4. The zero-order chi connectivity index (χ0) is 14.5. The Morgan fingerprint density at radius 1 is 1.21 bits per heavy atom. The van der Waals surface area contributed by atoms with E-state index in [1.54, 1.807) is 0 Å². The fraction of sp³-hybridized carbons (Fsp3) is 1.00. The number of hydrogen-bond acceptors (Lipinski definition) is 4. The molecule has 1 heterocycles. The van der Waals surface area contributed by atoms with Crippen molar-refractivity contribution in [2.75, 3.05) is 29.9 Å². The van der Waals surface area contributed by atoms with Crippen LogP contribution in [0.1, 0.15) is 32.6 Å². The van der Waals surface area contributed by atoms with E-state index < -0.39 is 25.1 Å². The molecule has 0 radical (unpaired) electrons. The van der Waals surface area contributed by atoms with Gasteiger partial charge in [-0.1, -0.05) is 29.3 Å². The van der Waals surface area contributed by atoms with Crippen molar-refractivity contribution < 1.29 is 16.8 Å². The van der Waals surface area contributed by atoms with Gasteiger partial charge in [0.2, 0.25) is 10.0 Å². The van der Waals surface area contributed by atoms with E-state index in [-0.39, 0.29) is 24.3 Å². The van der Waals surface area contributed by atoms with Gasteiger partial charge < -0.3 is 0 Å². The smallest absolute Gasteiger partial charge is 0.217 e. The SMILES string of the molecule is CCCCN(CCBr)S(=O)(=O)C1CCS(=O)(=O)CC1. The molecule has 0 N–H and O–H groups in total. The normalized spacial score (nSPS) is 20.8. The standard InChI is InChI=1S/C11H22BrNO4S2/c1-2-3-7-13(8-6-12)19(16,17)11-4-9-18(14,15)10-5-11/h11H,2-10H2,1H3. The summed E-state index contributed by atoms with van der Waals surface area (Å²) in [7, 11) is -6.39. The van der Waals surface area contributed by atoms with Crippen LogP contribution in [0, 0.1) is 0 Å². The highest BCUT2D eigenvalue weighted by molar-refractivity contribution is 9.09. The molecule has 0 bridgehead atoms. The molecule has 0 atom stereocenters.